The van der Waals surface area contributed by atoms with Crippen LogP contribution in [0.3, 0.4) is 0 Å². The van der Waals surface area contributed by atoms with Crippen molar-refractivity contribution in [2.24, 2.45) is 5.92 Å². The van der Waals surface area contributed by atoms with Gasteiger partial charge in [-0.3, -0.25) is 4.68 Å². The van der Waals surface area contributed by atoms with Gasteiger partial charge in [-0.1, -0.05) is 12.1 Å². The summed E-state index contributed by atoms with van der Waals surface area (Å²) in [5.41, 5.74) is 3.57. The molecule has 3 aliphatic rings. The summed E-state index contributed by atoms with van der Waals surface area (Å²) >= 11 is 0. The van der Waals surface area contributed by atoms with Crippen LogP contribution >= 0.6 is 0 Å². The van der Waals surface area contributed by atoms with E-state index in [-0.39, 0.29) is 0 Å². The van der Waals surface area contributed by atoms with E-state index in [0.29, 0.717) is 6.04 Å². The van der Waals surface area contributed by atoms with Crippen molar-refractivity contribution in [2.45, 2.75) is 18.9 Å². The number of piperidine rings is 3. The van der Waals surface area contributed by atoms with Crippen molar-refractivity contribution in [3.63, 3.8) is 0 Å². The van der Waals surface area contributed by atoms with E-state index in [1.807, 2.05) is 12.3 Å². The van der Waals surface area contributed by atoms with Crippen molar-refractivity contribution in [3.8, 4) is 11.1 Å². The second-order valence-corrected chi connectivity index (χ2v) is 6.58. The fourth-order valence-electron chi connectivity index (χ4n) is 4.12. The molecule has 4 heteroatoms. The summed E-state index contributed by atoms with van der Waals surface area (Å²) in [5.74, 6) is 0.783. The highest BCUT2D eigenvalue weighted by atomic mass is 16.3. The van der Waals surface area contributed by atoms with E-state index in [1.165, 1.54) is 42.4 Å². The van der Waals surface area contributed by atoms with Gasteiger partial charge in [0.25, 0.3) is 0 Å². The summed E-state index contributed by atoms with van der Waals surface area (Å²) < 4.78 is 7.49. The van der Waals surface area contributed by atoms with Gasteiger partial charge >= 0.3 is 0 Å². The molecule has 1 aromatic carbocycles. The zero-order valence-corrected chi connectivity index (χ0v) is 12.5. The van der Waals surface area contributed by atoms with Crippen LogP contribution in [-0.4, -0.2) is 34.3 Å². The zero-order valence-electron chi connectivity index (χ0n) is 12.5. The lowest BCUT2D eigenvalue weighted by atomic mass is 9.84. The van der Waals surface area contributed by atoms with E-state index in [9.17, 15) is 0 Å². The molecule has 6 rings (SSSR count). The molecule has 0 aliphatic carbocycles. The number of hydrogen-bond donors (Lipinski definition) is 0. The molecule has 112 valence electrons. The van der Waals surface area contributed by atoms with Gasteiger partial charge in [0, 0.05) is 17.5 Å². The summed E-state index contributed by atoms with van der Waals surface area (Å²) in [6, 6.07) is 9.11. The van der Waals surface area contributed by atoms with Crippen LogP contribution in [0.4, 0.5) is 0 Å². The van der Waals surface area contributed by atoms with Crippen molar-refractivity contribution < 1.29 is 4.42 Å². The Bertz CT molecular complexity index is 797. The lowest BCUT2D eigenvalue weighted by Crippen LogP contribution is -2.48. The number of aromatic nitrogens is 2. The molecule has 3 aromatic rings. The Labute approximate surface area is 129 Å². The average molecular weight is 293 g/mol. The zero-order chi connectivity index (χ0) is 14.5. The number of fused-ring (bicyclic) bond motifs is 4. The summed E-state index contributed by atoms with van der Waals surface area (Å²) in [7, 11) is 0. The van der Waals surface area contributed by atoms with Crippen LogP contribution in [0.2, 0.25) is 0 Å². The second kappa shape index (κ2) is 4.71. The van der Waals surface area contributed by atoms with Gasteiger partial charge in [-0.25, -0.2) is 0 Å². The highest BCUT2D eigenvalue weighted by Crippen LogP contribution is 2.37. The van der Waals surface area contributed by atoms with Gasteiger partial charge in [0.05, 0.1) is 30.3 Å². The third kappa shape index (κ3) is 1.83. The maximum absolute atomic E-state index is 5.22. The molecule has 3 saturated heterocycles. The van der Waals surface area contributed by atoms with E-state index in [0.717, 1.165) is 18.0 Å². The Morgan fingerprint density at radius 3 is 2.73 bits per heavy atom. The molecule has 2 aromatic heterocycles. The van der Waals surface area contributed by atoms with Gasteiger partial charge in [0.1, 0.15) is 0 Å². The van der Waals surface area contributed by atoms with E-state index in [4.69, 9.17) is 9.52 Å². The molecule has 1 atom stereocenters. The van der Waals surface area contributed by atoms with E-state index in [2.05, 4.69) is 27.8 Å². The highest BCUT2D eigenvalue weighted by molar-refractivity contribution is 5.84. The molecule has 3 aliphatic heterocycles. The van der Waals surface area contributed by atoms with Crippen LogP contribution in [0, 0.1) is 5.92 Å². The quantitative estimate of drug-likeness (QED) is 0.724. The number of rotatable bonds is 2. The fraction of sp³-hybridized carbons (Fsp3) is 0.389. The van der Waals surface area contributed by atoms with Crippen molar-refractivity contribution in [1.82, 2.24) is 14.7 Å². The van der Waals surface area contributed by atoms with Crippen LogP contribution in [-0.2, 0) is 0 Å². The SMILES string of the molecule is c1cc(-c2ccc3cnn([C@H]4CN5CCC4CC5)c3c2)co1. The first-order valence-electron chi connectivity index (χ1n) is 8.11. The number of benzene rings is 1. The van der Waals surface area contributed by atoms with Gasteiger partial charge in [-0.15, -0.1) is 0 Å². The Morgan fingerprint density at radius 1 is 1.09 bits per heavy atom. The first kappa shape index (κ1) is 12.5. The summed E-state index contributed by atoms with van der Waals surface area (Å²) in [4.78, 5) is 2.58. The molecular weight excluding hydrogens is 274 g/mol. The molecule has 0 amide bonds. The number of nitrogens with zero attached hydrogens (tertiary/aromatic N) is 3. The lowest BCUT2D eigenvalue weighted by Gasteiger charge is -2.44. The van der Waals surface area contributed by atoms with Gasteiger partial charge in [-0.2, -0.15) is 5.10 Å². The van der Waals surface area contributed by atoms with Crippen molar-refractivity contribution in [2.75, 3.05) is 19.6 Å². The van der Waals surface area contributed by atoms with E-state index >= 15 is 0 Å². The minimum absolute atomic E-state index is 0.527. The Kier molecular flexibility index (Phi) is 2.67. The molecule has 3 fully saturated rings. The first-order valence-corrected chi connectivity index (χ1v) is 8.11. The van der Waals surface area contributed by atoms with Crippen molar-refractivity contribution >= 4 is 10.9 Å². The number of hydrogen-bond acceptors (Lipinski definition) is 3. The standard InChI is InChI=1S/C18H19N3O/c1-2-15-10-19-21(18-11-20-6-3-13(18)4-7-20)17(15)9-14(1)16-5-8-22-12-16/h1-2,5,8-10,12-13,18H,3-4,6-7,11H2/t18-/m0/s1. The minimum atomic E-state index is 0.527. The van der Waals surface area contributed by atoms with Gasteiger partial charge in [0.2, 0.25) is 0 Å². The monoisotopic (exact) mass is 293 g/mol. The summed E-state index contributed by atoms with van der Waals surface area (Å²) in [5, 5.41) is 5.95. The van der Waals surface area contributed by atoms with Gasteiger partial charge in [-0.05, 0) is 49.5 Å². The van der Waals surface area contributed by atoms with Gasteiger partial charge < -0.3 is 9.32 Å². The average Bonchev–Trinajstić information content (AvgIpc) is 3.25. The molecule has 22 heavy (non-hydrogen) atoms. The van der Waals surface area contributed by atoms with E-state index in [1.54, 1.807) is 12.5 Å². The largest absolute Gasteiger partial charge is 0.472 e. The Hall–Kier alpha value is -2.07. The molecule has 0 unspecified atom stereocenters. The minimum Gasteiger partial charge on any atom is -0.472 e. The molecule has 4 nitrogen and oxygen atoms in total. The van der Waals surface area contributed by atoms with Crippen LogP contribution in [0.1, 0.15) is 18.9 Å². The van der Waals surface area contributed by atoms with Crippen LogP contribution < -0.4 is 0 Å². The third-order valence-electron chi connectivity index (χ3n) is 5.39. The second-order valence-electron chi connectivity index (χ2n) is 6.58. The molecule has 0 radical (unpaired) electrons. The molecular formula is C18H19N3O. The van der Waals surface area contributed by atoms with Crippen molar-refractivity contribution in [1.29, 1.82) is 0 Å². The maximum atomic E-state index is 5.22. The first-order chi connectivity index (χ1) is 10.9. The van der Waals surface area contributed by atoms with E-state index < -0.39 is 0 Å². The molecule has 0 saturated carbocycles. The highest BCUT2D eigenvalue weighted by Gasteiger charge is 2.36. The summed E-state index contributed by atoms with van der Waals surface area (Å²) in [6.07, 6.45) is 8.16. The predicted molar refractivity (Wildman–Crippen MR) is 85.6 cm³/mol. The lowest BCUT2D eigenvalue weighted by molar-refractivity contribution is 0.0534. The fourth-order valence-corrected chi connectivity index (χ4v) is 4.12. The molecule has 0 spiro atoms. The van der Waals surface area contributed by atoms with Crippen molar-refractivity contribution in [3.05, 3.63) is 43.0 Å². The Balaban J connectivity index is 1.60. The smallest absolute Gasteiger partial charge is 0.0980 e. The Morgan fingerprint density at radius 2 is 2.00 bits per heavy atom. The number of furan rings is 1. The molecule has 5 heterocycles. The summed E-state index contributed by atoms with van der Waals surface area (Å²) in [6.45, 7) is 3.68. The molecule has 2 bridgehead atoms. The maximum Gasteiger partial charge on any atom is 0.0980 e. The topological polar surface area (TPSA) is 34.2 Å². The van der Waals surface area contributed by atoms with Crippen LogP contribution in [0.5, 0.6) is 0 Å². The normalized spacial score (nSPS) is 27.5. The van der Waals surface area contributed by atoms with Gasteiger partial charge in [0.15, 0.2) is 0 Å². The third-order valence-corrected chi connectivity index (χ3v) is 5.39. The van der Waals surface area contributed by atoms with Crippen LogP contribution in [0.15, 0.2) is 47.4 Å². The molecule has 0 N–H and O–H groups in total. The predicted octanol–water partition coefficient (Wildman–Crippen LogP) is 3.56. The van der Waals surface area contributed by atoms with Crippen LogP contribution in [0.25, 0.3) is 22.0 Å².